The number of rotatable bonds is 5. The average molecular weight is 355 g/mol. The zero-order valence-corrected chi connectivity index (χ0v) is 15.7. The van der Waals surface area contributed by atoms with Crippen LogP contribution in [0.15, 0.2) is 36.4 Å². The highest BCUT2D eigenvalue weighted by molar-refractivity contribution is 5.96. The summed E-state index contributed by atoms with van der Waals surface area (Å²) >= 11 is 0. The van der Waals surface area contributed by atoms with E-state index in [0.29, 0.717) is 23.2 Å². The summed E-state index contributed by atoms with van der Waals surface area (Å²) in [5.41, 5.74) is 3.02. The van der Waals surface area contributed by atoms with Crippen LogP contribution in [0.4, 0.5) is 5.69 Å². The van der Waals surface area contributed by atoms with Gasteiger partial charge in [-0.3, -0.25) is 4.79 Å². The highest BCUT2D eigenvalue weighted by atomic mass is 16.5. The Morgan fingerprint density at radius 1 is 1.04 bits per heavy atom. The SMILES string of the molecule is COc1ccc(CC(=O)N2CC[C@H](C)c3ccccc32)c(OC)c1OC. The number of para-hydroxylation sites is 1. The number of ether oxygens (including phenoxy) is 3. The third kappa shape index (κ3) is 3.21. The third-order valence-electron chi connectivity index (χ3n) is 4.97. The Morgan fingerprint density at radius 2 is 1.77 bits per heavy atom. The van der Waals surface area contributed by atoms with Crippen molar-refractivity contribution in [3.05, 3.63) is 47.5 Å². The van der Waals surface area contributed by atoms with Crippen LogP contribution in [0.1, 0.15) is 30.4 Å². The summed E-state index contributed by atoms with van der Waals surface area (Å²) in [4.78, 5) is 14.9. The van der Waals surface area contributed by atoms with Crippen LogP contribution < -0.4 is 19.1 Å². The fourth-order valence-electron chi connectivity index (χ4n) is 3.57. The van der Waals surface area contributed by atoms with E-state index in [1.165, 1.54) is 5.56 Å². The molecule has 1 heterocycles. The number of amides is 1. The Balaban J connectivity index is 1.91. The van der Waals surface area contributed by atoms with Crippen molar-refractivity contribution >= 4 is 11.6 Å². The molecule has 0 aliphatic carbocycles. The van der Waals surface area contributed by atoms with Crippen molar-refractivity contribution < 1.29 is 19.0 Å². The van der Waals surface area contributed by atoms with Crippen LogP contribution in [0.5, 0.6) is 17.2 Å². The molecule has 0 aromatic heterocycles. The molecule has 0 radical (unpaired) electrons. The number of fused-ring (bicyclic) bond motifs is 1. The van der Waals surface area contributed by atoms with Gasteiger partial charge in [-0.15, -0.1) is 0 Å². The van der Waals surface area contributed by atoms with E-state index < -0.39 is 0 Å². The minimum atomic E-state index is 0.0508. The molecule has 2 aromatic rings. The second-order valence-corrected chi connectivity index (χ2v) is 6.46. The number of benzene rings is 2. The zero-order chi connectivity index (χ0) is 18.7. The summed E-state index contributed by atoms with van der Waals surface area (Å²) in [6.45, 7) is 2.94. The Morgan fingerprint density at radius 3 is 2.46 bits per heavy atom. The smallest absolute Gasteiger partial charge is 0.231 e. The van der Waals surface area contributed by atoms with E-state index in [-0.39, 0.29) is 12.3 Å². The van der Waals surface area contributed by atoms with Crippen molar-refractivity contribution in [1.82, 2.24) is 0 Å². The lowest BCUT2D eigenvalue weighted by molar-refractivity contribution is -0.118. The van der Waals surface area contributed by atoms with E-state index in [2.05, 4.69) is 13.0 Å². The minimum absolute atomic E-state index is 0.0508. The number of anilines is 1. The standard InChI is InChI=1S/C21H25NO4/c1-14-11-12-22(17-8-6-5-7-16(14)17)19(23)13-15-9-10-18(24-2)21(26-4)20(15)25-3/h5-10,14H,11-13H2,1-4H3/t14-/m0/s1. The molecule has 0 fully saturated rings. The van der Waals surface area contributed by atoms with Crippen LogP contribution in [-0.2, 0) is 11.2 Å². The highest BCUT2D eigenvalue weighted by Crippen LogP contribution is 2.41. The summed E-state index contributed by atoms with van der Waals surface area (Å²) in [5, 5.41) is 0. The molecule has 5 heteroatoms. The predicted molar refractivity (Wildman–Crippen MR) is 102 cm³/mol. The molecule has 5 nitrogen and oxygen atoms in total. The Labute approximate surface area is 154 Å². The maximum absolute atomic E-state index is 13.1. The summed E-state index contributed by atoms with van der Waals surface area (Å²) in [6, 6.07) is 11.8. The van der Waals surface area contributed by atoms with E-state index in [1.54, 1.807) is 27.4 Å². The van der Waals surface area contributed by atoms with Gasteiger partial charge in [-0.1, -0.05) is 31.2 Å². The molecule has 0 N–H and O–H groups in total. The average Bonchev–Trinajstić information content (AvgIpc) is 2.67. The van der Waals surface area contributed by atoms with Crippen molar-refractivity contribution in [2.24, 2.45) is 0 Å². The first kappa shape index (κ1) is 18.1. The first-order valence-electron chi connectivity index (χ1n) is 8.77. The van der Waals surface area contributed by atoms with Crippen LogP contribution in [0.25, 0.3) is 0 Å². The van der Waals surface area contributed by atoms with Crippen LogP contribution >= 0.6 is 0 Å². The van der Waals surface area contributed by atoms with Gasteiger partial charge in [0, 0.05) is 17.8 Å². The molecule has 0 saturated heterocycles. The molecule has 26 heavy (non-hydrogen) atoms. The Bertz CT molecular complexity index is 803. The first-order chi connectivity index (χ1) is 12.6. The number of carbonyl (C=O) groups excluding carboxylic acids is 1. The Kier molecular flexibility index (Phi) is 5.35. The monoisotopic (exact) mass is 355 g/mol. The second kappa shape index (κ2) is 7.68. The largest absolute Gasteiger partial charge is 0.493 e. The van der Waals surface area contributed by atoms with E-state index in [0.717, 1.165) is 24.2 Å². The van der Waals surface area contributed by atoms with Crippen molar-refractivity contribution in [3.63, 3.8) is 0 Å². The molecule has 1 atom stereocenters. The molecule has 0 spiro atoms. The molecule has 1 aliphatic heterocycles. The third-order valence-corrected chi connectivity index (χ3v) is 4.97. The maximum atomic E-state index is 13.1. The highest BCUT2D eigenvalue weighted by Gasteiger charge is 2.27. The normalized spacial score (nSPS) is 16.0. The number of carbonyl (C=O) groups is 1. The molecule has 0 unspecified atom stereocenters. The molecule has 0 bridgehead atoms. The fourth-order valence-corrected chi connectivity index (χ4v) is 3.57. The molecule has 1 aliphatic rings. The van der Waals surface area contributed by atoms with E-state index in [1.807, 2.05) is 29.2 Å². The van der Waals surface area contributed by atoms with E-state index in [4.69, 9.17) is 14.2 Å². The van der Waals surface area contributed by atoms with Crippen LogP contribution in [0.2, 0.25) is 0 Å². The number of methoxy groups -OCH3 is 3. The summed E-state index contributed by atoms with van der Waals surface area (Å²) < 4.78 is 16.2. The second-order valence-electron chi connectivity index (χ2n) is 6.46. The predicted octanol–water partition coefficient (Wildman–Crippen LogP) is 3.80. The summed E-state index contributed by atoms with van der Waals surface area (Å²) in [6.07, 6.45) is 1.21. The zero-order valence-electron chi connectivity index (χ0n) is 15.7. The molecule has 138 valence electrons. The number of nitrogens with zero attached hydrogens (tertiary/aromatic N) is 1. The lowest BCUT2D eigenvalue weighted by atomic mass is 9.91. The van der Waals surface area contributed by atoms with Crippen molar-refractivity contribution in [1.29, 1.82) is 0 Å². The van der Waals surface area contributed by atoms with Crippen molar-refractivity contribution in [2.45, 2.75) is 25.7 Å². The lowest BCUT2D eigenvalue weighted by Crippen LogP contribution is -2.37. The van der Waals surface area contributed by atoms with Gasteiger partial charge in [0.15, 0.2) is 11.5 Å². The van der Waals surface area contributed by atoms with Crippen molar-refractivity contribution in [3.8, 4) is 17.2 Å². The Hall–Kier alpha value is -2.69. The first-order valence-corrected chi connectivity index (χ1v) is 8.77. The lowest BCUT2D eigenvalue weighted by Gasteiger charge is -2.33. The van der Waals surface area contributed by atoms with Gasteiger partial charge in [0.25, 0.3) is 0 Å². The molecule has 1 amide bonds. The van der Waals surface area contributed by atoms with Gasteiger partial charge in [0.05, 0.1) is 27.8 Å². The van der Waals surface area contributed by atoms with E-state index >= 15 is 0 Å². The molecule has 0 saturated carbocycles. The minimum Gasteiger partial charge on any atom is -0.493 e. The number of hydrogen-bond acceptors (Lipinski definition) is 4. The van der Waals surface area contributed by atoms with Crippen LogP contribution in [0, 0.1) is 0 Å². The van der Waals surface area contributed by atoms with Crippen molar-refractivity contribution in [2.75, 3.05) is 32.8 Å². The van der Waals surface area contributed by atoms with E-state index in [9.17, 15) is 4.79 Å². The van der Waals surface area contributed by atoms with Gasteiger partial charge < -0.3 is 19.1 Å². The molecular formula is C21H25NO4. The van der Waals surface area contributed by atoms with Gasteiger partial charge in [-0.05, 0) is 30.0 Å². The summed E-state index contributed by atoms with van der Waals surface area (Å²) in [5.74, 6) is 2.14. The fraction of sp³-hybridized carbons (Fsp3) is 0.381. The summed E-state index contributed by atoms with van der Waals surface area (Å²) in [7, 11) is 4.71. The topological polar surface area (TPSA) is 48.0 Å². The van der Waals surface area contributed by atoms with Gasteiger partial charge in [-0.2, -0.15) is 0 Å². The van der Waals surface area contributed by atoms with Gasteiger partial charge >= 0.3 is 0 Å². The molecule has 2 aromatic carbocycles. The van der Waals surface area contributed by atoms with Gasteiger partial charge in [0.2, 0.25) is 11.7 Å². The quantitative estimate of drug-likeness (QED) is 0.819. The number of hydrogen-bond donors (Lipinski definition) is 0. The molecule has 3 rings (SSSR count). The maximum Gasteiger partial charge on any atom is 0.231 e. The van der Waals surface area contributed by atoms with Gasteiger partial charge in [-0.25, -0.2) is 0 Å². The molecular weight excluding hydrogens is 330 g/mol. The van der Waals surface area contributed by atoms with Crippen LogP contribution in [-0.4, -0.2) is 33.8 Å². The van der Waals surface area contributed by atoms with Gasteiger partial charge in [0.1, 0.15) is 0 Å². The van der Waals surface area contributed by atoms with Crippen LogP contribution in [0.3, 0.4) is 0 Å².